The van der Waals surface area contributed by atoms with Crippen LogP contribution in [0.25, 0.3) is 0 Å². The van der Waals surface area contributed by atoms with Crippen LogP contribution in [0.4, 0.5) is 5.69 Å². The van der Waals surface area contributed by atoms with E-state index in [2.05, 4.69) is 15.4 Å². The van der Waals surface area contributed by atoms with Crippen LogP contribution in [0.1, 0.15) is 42.6 Å². The molecule has 0 saturated carbocycles. The molecule has 2 rings (SSSR count). The maximum atomic E-state index is 12.4. The van der Waals surface area contributed by atoms with Crippen LogP contribution in [0.3, 0.4) is 0 Å². The molecule has 0 saturated heterocycles. The molecular formula is C22H26N4O4S. The normalized spacial score (nSPS) is 11.0. The van der Waals surface area contributed by atoms with Crippen molar-refractivity contribution in [2.45, 2.75) is 38.1 Å². The van der Waals surface area contributed by atoms with Gasteiger partial charge in [0.15, 0.2) is 0 Å². The summed E-state index contributed by atoms with van der Waals surface area (Å²) in [6.07, 6.45) is 0.503. The summed E-state index contributed by atoms with van der Waals surface area (Å²) in [7, 11) is -3.72. The molecule has 164 valence electrons. The summed E-state index contributed by atoms with van der Waals surface area (Å²) in [6, 6.07) is 14.6. The minimum absolute atomic E-state index is 0.0202. The summed E-state index contributed by atoms with van der Waals surface area (Å²) in [4.78, 5) is 24.3. The number of anilines is 1. The van der Waals surface area contributed by atoms with Crippen LogP contribution in [0.5, 0.6) is 0 Å². The van der Waals surface area contributed by atoms with E-state index in [1.54, 1.807) is 18.2 Å². The molecule has 0 unspecified atom stereocenters. The van der Waals surface area contributed by atoms with Crippen molar-refractivity contribution in [2.75, 3.05) is 11.9 Å². The van der Waals surface area contributed by atoms with Crippen molar-refractivity contribution >= 4 is 27.5 Å². The fourth-order valence-electron chi connectivity index (χ4n) is 2.74. The van der Waals surface area contributed by atoms with Gasteiger partial charge < -0.3 is 10.6 Å². The first-order valence-corrected chi connectivity index (χ1v) is 11.3. The van der Waals surface area contributed by atoms with Crippen molar-refractivity contribution in [2.24, 2.45) is 5.92 Å². The summed E-state index contributed by atoms with van der Waals surface area (Å²) in [5, 5.41) is 14.1. The van der Waals surface area contributed by atoms with Crippen LogP contribution in [0, 0.1) is 17.2 Å². The Kier molecular flexibility index (Phi) is 8.73. The second-order valence-electron chi connectivity index (χ2n) is 7.36. The second-order valence-corrected chi connectivity index (χ2v) is 9.13. The highest BCUT2D eigenvalue weighted by Gasteiger charge is 2.14. The zero-order chi connectivity index (χ0) is 22.9. The topological polar surface area (TPSA) is 128 Å². The number of amides is 2. The Morgan fingerprint density at radius 2 is 1.81 bits per heavy atom. The molecule has 0 heterocycles. The third-order valence-corrected chi connectivity index (χ3v) is 5.69. The third-order valence-electron chi connectivity index (χ3n) is 4.21. The van der Waals surface area contributed by atoms with Gasteiger partial charge in [0.25, 0.3) is 5.91 Å². The van der Waals surface area contributed by atoms with E-state index in [-0.39, 0.29) is 42.1 Å². The predicted molar refractivity (Wildman–Crippen MR) is 118 cm³/mol. The smallest absolute Gasteiger partial charge is 0.251 e. The minimum atomic E-state index is -3.72. The number of carbonyl (C=O) groups is 2. The van der Waals surface area contributed by atoms with Crippen molar-refractivity contribution < 1.29 is 18.0 Å². The quantitative estimate of drug-likeness (QED) is 0.488. The number of hydrogen-bond donors (Lipinski definition) is 3. The molecule has 2 aromatic carbocycles. The SMILES string of the molecule is CC(C)CC(=O)Nc1cccc(CNC(=O)c2ccc(S(=O)(=O)NCCC#N)cc2)c1. The third kappa shape index (κ3) is 7.85. The minimum Gasteiger partial charge on any atom is -0.348 e. The fraction of sp³-hybridized carbons (Fsp3) is 0.318. The first-order valence-electron chi connectivity index (χ1n) is 9.85. The fourth-order valence-corrected chi connectivity index (χ4v) is 3.77. The van der Waals surface area contributed by atoms with Crippen molar-refractivity contribution in [3.63, 3.8) is 0 Å². The highest BCUT2D eigenvalue weighted by atomic mass is 32.2. The van der Waals surface area contributed by atoms with E-state index in [0.29, 0.717) is 17.7 Å². The molecule has 31 heavy (non-hydrogen) atoms. The molecule has 0 aliphatic heterocycles. The molecule has 0 aliphatic rings. The Labute approximate surface area is 182 Å². The van der Waals surface area contributed by atoms with E-state index >= 15 is 0 Å². The highest BCUT2D eigenvalue weighted by Crippen LogP contribution is 2.13. The molecule has 0 atom stereocenters. The molecule has 2 aromatic rings. The Balaban J connectivity index is 1.95. The molecule has 0 spiro atoms. The maximum Gasteiger partial charge on any atom is 0.251 e. The first kappa shape index (κ1) is 24.1. The van der Waals surface area contributed by atoms with Gasteiger partial charge in [0, 0.05) is 37.2 Å². The second kappa shape index (κ2) is 11.2. The molecule has 0 radical (unpaired) electrons. The molecule has 0 fully saturated rings. The average molecular weight is 443 g/mol. The number of hydrogen-bond acceptors (Lipinski definition) is 5. The zero-order valence-corrected chi connectivity index (χ0v) is 18.3. The average Bonchev–Trinajstić information content (AvgIpc) is 2.72. The first-order chi connectivity index (χ1) is 14.7. The van der Waals surface area contributed by atoms with Gasteiger partial charge in [0.05, 0.1) is 11.0 Å². The van der Waals surface area contributed by atoms with Crippen LogP contribution >= 0.6 is 0 Å². The van der Waals surface area contributed by atoms with Gasteiger partial charge in [-0.3, -0.25) is 9.59 Å². The van der Waals surface area contributed by atoms with Gasteiger partial charge in [-0.1, -0.05) is 26.0 Å². The van der Waals surface area contributed by atoms with Crippen LogP contribution in [0.15, 0.2) is 53.4 Å². The maximum absolute atomic E-state index is 12.4. The number of rotatable bonds is 10. The van der Waals surface area contributed by atoms with Gasteiger partial charge in [-0.2, -0.15) is 5.26 Å². The largest absolute Gasteiger partial charge is 0.348 e. The summed E-state index contributed by atoms with van der Waals surface area (Å²) < 4.78 is 26.6. The lowest BCUT2D eigenvalue weighted by molar-refractivity contribution is -0.116. The van der Waals surface area contributed by atoms with E-state index < -0.39 is 10.0 Å². The van der Waals surface area contributed by atoms with Gasteiger partial charge in [0.2, 0.25) is 15.9 Å². The van der Waals surface area contributed by atoms with E-state index in [1.165, 1.54) is 24.3 Å². The summed E-state index contributed by atoms with van der Waals surface area (Å²) in [5.41, 5.74) is 1.80. The molecular weight excluding hydrogens is 416 g/mol. The van der Waals surface area contributed by atoms with E-state index in [4.69, 9.17) is 5.26 Å². The van der Waals surface area contributed by atoms with Crippen LogP contribution in [0.2, 0.25) is 0 Å². The summed E-state index contributed by atoms with van der Waals surface area (Å²) >= 11 is 0. The van der Waals surface area contributed by atoms with Gasteiger partial charge in [0.1, 0.15) is 0 Å². The lowest BCUT2D eigenvalue weighted by atomic mass is 10.1. The number of sulfonamides is 1. The molecule has 9 heteroatoms. The number of nitriles is 1. The van der Waals surface area contributed by atoms with Crippen LogP contribution < -0.4 is 15.4 Å². The van der Waals surface area contributed by atoms with Crippen LogP contribution in [-0.4, -0.2) is 26.8 Å². The number of carbonyl (C=O) groups excluding carboxylic acids is 2. The van der Waals surface area contributed by atoms with Crippen molar-refractivity contribution in [3.05, 3.63) is 59.7 Å². The van der Waals surface area contributed by atoms with Gasteiger partial charge in [-0.25, -0.2) is 13.1 Å². The van der Waals surface area contributed by atoms with Gasteiger partial charge in [-0.05, 0) is 47.9 Å². The number of benzene rings is 2. The lowest BCUT2D eigenvalue weighted by Gasteiger charge is -2.10. The highest BCUT2D eigenvalue weighted by molar-refractivity contribution is 7.89. The van der Waals surface area contributed by atoms with Gasteiger partial charge in [-0.15, -0.1) is 0 Å². The Hall–Kier alpha value is -3.22. The summed E-state index contributed by atoms with van der Waals surface area (Å²) in [5.74, 6) is -0.152. The lowest BCUT2D eigenvalue weighted by Crippen LogP contribution is -2.25. The molecule has 2 amide bonds. The monoisotopic (exact) mass is 442 g/mol. The molecule has 0 aliphatic carbocycles. The van der Waals surface area contributed by atoms with E-state index in [0.717, 1.165) is 5.56 Å². The van der Waals surface area contributed by atoms with Gasteiger partial charge >= 0.3 is 0 Å². The van der Waals surface area contributed by atoms with Crippen molar-refractivity contribution in [3.8, 4) is 6.07 Å². The molecule has 3 N–H and O–H groups in total. The molecule has 0 bridgehead atoms. The van der Waals surface area contributed by atoms with Crippen LogP contribution in [-0.2, 0) is 21.4 Å². The summed E-state index contributed by atoms with van der Waals surface area (Å²) in [6.45, 7) is 4.22. The Morgan fingerprint density at radius 1 is 1.10 bits per heavy atom. The number of nitrogens with zero attached hydrogens (tertiary/aromatic N) is 1. The number of nitrogens with one attached hydrogen (secondary N) is 3. The standard InChI is InChI=1S/C22H26N4O4S/c1-16(2)13-21(27)26-19-6-3-5-17(14-19)15-24-22(28)18-7-9-20(10-8-18)31(29,30)25-12-4-11-23/h3,5-10,14,16,25H,4,12-13,15H2,1-2H3,(H,24,28)(H,26,27). The Bertz CT molecular complexity index is 1060. The van der Waals surface area contributed by atoms with Crippen molar-refractivity contribution in [1.29, 1.82) is 5.26 Å². The zero-order valence-electron chi connectivity index (χ0n) is 17.5. The molecule has 8 nitrogen and oxygen atoms in total. The predicted octanol–water partition coefficient (Wildman–Crippen LogP) is 2.79. The van der Waals surface area contributed by atoms with Crippen molar-refractivity contribution in [1.82, 2.24) is 10.0 Å². The molecule has 0 aromatic heterocycles. The van der Waals surface area contributed by atoms with E-state index in [9.17, 15) is 18.0 Å². The Morgan fingerprint density at radius 3 is 2.45 bits per heavy atom. The van der Waals surface area contributed by atoms with E-state index in [1.807, 2.05) is 26.0 Å².